The van der Waals surface area contributed by atoms with Crippen LogP contribution in [0.2, 0.25) is 0 Å². The molecule has 0 unspecified atom stereocenters. The predicted molar refractivity (Wildman–Crippen MR) is 44.6 cm³/mol. The first-order chi connectivity index (χ1) is 4.50. The summed E-state index contributed by atoms with van der Waals surface area (Å²) in [6, 6.07) is 0. The maximum absolute atomic E-state index is 4.09. The lowest BCUT2D eigenvalue weighted by Crippen LogP contribution is -2.19. The van der Waals surface area contributed by atoms with Gasteiger partial charge in [0.05, 0.1) is 5.71 Å². The van der Waals surface area contributed by atoms with Crippen molar-refractivity contribution in [3.05, 3.63) is 0 Å². The first kappa shape index (κ1) is 7.45. The summed E-state index contributed by atoms with van der Waals surface area (Å²) in [4.78, 5) is 0. The van der Waals surface area contributed by atoms with E-state index in [9.17, 15) is 0 Å². The van der Waals surface area contributed by atoms with Crippen LogP contribution in [-0.2, 0) is 0 Å². The van der Waals surface area contributed by atoms with Crippen molar-refractivity contribution in [1.29, 1.82) is 0 Å². The molecule has 0 amide bonds. The molecule has 0 bridgehead atoms. The number of hydrogen-bond acceptors (Lipinski definition) is 2. The van der Waals surface area contributed by atoms with E-state index in [1.165, 1.54) is 5.71 Å². The molecule has 0 aromatic rings. The summed E-state index contributed by atoms with van der Waals surface area (Å²) in [6.07, 6.45) is 0.962. The molecule has 0 aromatic carbocycles. The van der Waals surface area contributed by atoms with E-state index in [2.05, 4.69) is 31.0 Å². The largest absolute Gasteiger partial charge is 0.160 e. The van der Waals surface area contributed by atoms with Gasteiger partial charge in [0, 0.05) is 17.5 Å². The Labute approximate surface area is 62.0 Å². The maximum atomic E-state index is 4.09. The molecule has 56 valence electrons. The molecule has 0 radical (unpaired) electrons. The molecule has 0 spiro atoms. The Balaban J connectivity index is 2.66. The SMILES string of the molecule is CC1=NN=C(C(C)(C)C)C1. The maximum Gasteiger partial charge on any atom is 0.0515 e. The van der Waals surface area contributed by atoms with Crippen LogP contribution in [0.4, 0.5) is 0 Å². The van der Waals surface area contributed by atoms with E-state index in [-0.39, 0.29) is 5.41 Å². The molecule has 0 aromatic heterocycles. The summed E-state index contributed by atoms with van der Waals surface area (Å²) in [5, 5.41) is 8.08. The molecule has 1 aliphatic heterocycles. The fourth-order valence-electron chi connectivity index (χ4n) is 0.874. The summed E-state index contributed by atoms with van der Waals surface area (Å²) in [7, 11) is 0. The van der Waals surface area contributed by atoms with Gasteiger partial charge in [-0.1, -0.05) is 20.8 Å². The lowest BCUT2D eigenvalue weighted by molar-refractivity contribution is 0.585. The summed E-state index contributed by atoms with van der Waals surface area (Å²) in [5.74, 6) is 0. The van der Waals surface area contributed by atoms with Crippen LogP contribution < -0.4 is 0 Å². The third kappa shape index (κ3) is 1.43. The zero-order valence-corrected chi connectivity index (χ0v) is 7.10. The van der Waals surface area contributed by atoms with Gasteiger partial charge >= 0.3 is 0 Å². The molecular weight excluding hydrogens is 124 g/mol. The van der Waals surface area contributed by atoms with Gasteiger partial charge in [0.1, 0.15) is 0 Å². The average Bonchev–Trinajstić information content (AvgIpc) is 2.11. The van der Waals surface area contributed by atoms with Crippen molar-refractivity contribution in [2.45, 2.75) is 34.1 Å². The van der Waals surface area contributed by atoms with E-state index in [1.54, 1.807) is 0 Å². The molecule has 1 aliphatic rings. The van der Waals surface area contributed by atoms with Gasteiger partial charge in [0.15, 0.2) is 0 Å². The quantitative estimate of drug-likeness (QED) is 0.490. The lowest BCUT2D eigenvalue weighted by atomic mass is 9.88. The van der Waals surface area contributed by atoms with Crippen LogP contribution in [0, 0.1) is 5.41 Å². The first-order valence-corrected chi connectivity index (χ1v) is 3.60. The van der Waals surface area contributed by atoms with Gasteiger partial charge in [-0.15, -0.1) is 0 Å². The Morgan fingerprint density at radius 3 is 2.00 bits per heavy atom. The molecule has 0 saturated carbocycles. The Morgan fingerprint density at radius 2 is 1.80 bits per heavy atom. The van der Waals surface area contributed by atoms with Gasteiger partial charge in [-0.3, -0.25) is 0 Å². The monoisotopic (exact) mass is 138 g/mol. The lowest BCUT2D eigenvalue weighted by Gasteiger charge is -2.16. The Bertz CT molecular complexity index is 194. The van der Waals surface area contributed by atoms with Crippen LogP contribution >= 0.6 is 0 Å². The third-order valence-corrected chi connectivity index (χ3v) is 1.63. The Hall–Kier alpha value is -0.660. The molecule has 0 saturated heterocycles. The molecule has 0 atom stereocenters. The van der Waals surface area contributed by atoms with E-state index >= 15 is 0 Å². The van der Waals surface area contributed by atoms with Gasteiger partial charge in [0.2, 0.25) is 0 Å². The van der Waals surface area contributed by atoms with Gasteiger partial charge in [-0.25, -0.2) is 0 Å². The fraction of sp³-hybridized carbons (Fsp3) is 0.750. The third-order valence-electron chi connectivity index (χ3n) is 1.63. The van der Waals surface area contributed by atoms with Crippen LogP contribution in [0.1, 0.15) is 34.1 Å². The van der Waals surface area contributed by atoms with E-state index in [1.807, 2.05) is 6.92 Å². The summed E-state index contributed by atoms with van der Waals surface area (Å²) in [6.45, 7) is 8.52. The number of nitrogens with zero attached hydrogens (tertiary/aromatic N) is 2. The predicted octanol–water partition coefficient (Wildman–Crippen LogP) is 2.25. The zero-order chi connectivity index (χ0) is 7.78. The highest BCUT2D eigenvalue weighted by Gasteiger charge is 2.22. The second-order valence-electron chi connectivity index (χ2n) is 3.81. The summed E-state index contributed by atoms with van der Waals surface area (Å²) in [5.41, 5.74) is 2.52. The summed E-state index contributed by atoms with van der Waals surface area (Å²) >= 11 is 0. The highest BCUT2D eigenvalue weighted by atomic mass is 15.2. The van der Waals surface area contributed by atoms with Crippen molar-refractivity contribution in [2.75, 3.05) is 0 Å². The average molecular weight is 138 g/mol. The number of rotatable bonds is 0. The molecule has 0 aliphatic carbocycles. The van der Waals surface area contributed by atoms with Gasteiger partial charge in [-0.2, -0.15) is 10.2 Å². The second-order valence-corrected chi connectivity index (χ2v) is 3.81. The van der Waals surface area contributed by atoms with Crippen LogP contribution in [0.25, 0.3) is 0 Å². The normalized spacial score (nSPS) is 18.8. The fourth-order valence-corrected chi connectivity index (χ4v) is 0.874. The van der Waals surface area contributed by atoms with Crippen LogP contribution in [0.5, 0.6) is 0 Å². The Morgan fingerprint density at radius 1 is 1.20 bits per heavy atom. The molecule has 0 N–H and O–H groups in total. The number of hydrogen-bond donors (Lipinski definition) is 0. The molecule has 2 nitrogen and oxygen atoms in total. The standard InChI is InChI=1S/C8H14N2/c1-6-5-7(10-9-6)8(2,3)4/h5H2,1-4H3. The second kappa shape index (κ2) is 2.19. The highest BCUT2D eigenvalue weighted by molar-refractivity contribution is 6.08. The van der Waals surface area contributed by atoms with Crippen molar-refractivity contribution in [2.24, 2.45) is 15.6 Å². The molecule has 10 heavy (non-hydrogen) atoms. The zero-order valence-electron chi connectivity index (χ0n) is 7.10. The highest BCUT2D eigenvalue weighted by Crippen LogP contribution is 2.21. The van der Waals surface area contributed by atoms with Gasteiger partial charge < -0.3 is 0 Å². The molecule has 0 fully saturated rings. The minimum atomic E-state index is 0.196. The van der Waals surface area contributed by atoms with E-state index in [0.29, 0.717) is 0 Å². The summed E-state index contributed by atoms with van der Waals surface area (Å²) < 4.78 is 0. The van der Waals surface area contributed by atoms with Gasteiger partial charge in [0.25, 0.3) is 0 Å². The van der Waals surface area contributed by atoms with Crippen LogP contribution in [-0.4, -0.2) is 11.4 Å². The van der Waals surface area contributed by atoms with Crippen molar-refractivity contribution in [3.63, 3.8) is 0 Å². The molecule has 1 rings (SSSR count). The van der Waals surface area contributed by atoms with Crippen molar-refractivity contribution in [3.8, 4) is 0 Å². The van der Waals surface area contributed by atoms with Crippen molar-refractivity contribution >= 4 is 11.4 Å². The van der Waals surface area contributed by atoms with Gasteiger partial charge in [-0.05, 0) is 6.92 Å². The van der Waals surface area contributed by atoms with E-state index in [4.69, 9.17) is 0 Å². The molecular formula is C8H14N2. The molecule has 2 heteroatoms. The minimum absolute atomic E-state index is 0.196. The molecule has 1 heterocycles. The Kier molecular flexibility index (Phi) is 1.63. The van der Waals surface area contributed by atoms with E-state index < -0.39 is 0 Å². The topological polar surface area (TPSA) is 24.7 Å². The van der Waals surface area contributed by atoms with Crippen LogP contribution in [0.15, 0.2) is 10.2 Å². The van der Waals surface area contributed by atoms with E-state index in [0.717, 1.165) is 12.1 Å². The van der Waals surface area contributed by atoms with Crippen LogP contribution in [0.3, 0.4) is 0 Å². The van der Waals surface area contributed by atoms with Crippen molar-refractivity contribution in [1.82, 2.24) is 0 Å². The minimum Gasteiger partial charge on any atom is -0.160 e. The smallest absolute Gasteiger partial charge is 0.0515 e. The van der Waals surface area contributed by atoms with Crippen molar-refractivity contribution < 1.29 is 0 Å². The first-order valence-electron chi connectivity index (χ1n) is 3.60.